The number of hydrogen-bond donors (Lipinski definition) is 1. The van der Waals surface area contributed by atoms with Crippen LogP contribution in [0.25, 0.3) is 16.7 Å². The Morgan fingerprint density at radius 3 is 2.45 bits per heavy atom. The summed E-state index contributed by atoms with van der Waals surface area (Å²) in [7, 11) is 4.50. The average Bonchev–Trinajstić information content (AvgIpc) is 2.86. The largest absolute Gasteiger partial charge is 0.497 e. The molecule has 0 saturated heterocycles. The topological polar surface area (TPSA) is 104 Å². The van der Waals surface area contributed by atoms with Crippen molar-refractivity contribution in [2.45, 2.75) is 6.54 Å². The van der Waals surface area contributed by atoms with E-state index in [-0.39, 0.29) is 23.1 Å². The van der Waals surface area contributed by atoms with Crippen LogP contribution < -0.4 is 26.0 Å². The van der Waals surface area contributed by atoms with Gasteiger partial charge in [-0.2, -0.15) is 0 Å². The Morgan fingerprint density at radius 2 is 1.76 bits per heavy atom. The van der Waals surface area contributed by atoms with E-state index in [1.807, 2.05) is 18.2 Å². The normalized spacial score (nSPS) is 10.8. The zero-order valence-corrected chi connectivity index (χ0v) is 18.4. The molecule has 9 heteroatoms. The maximum atomic E-state index is 12.9. The van der Waals surface area contributed by atoms with Crippen LogP contribution in [0.5, 0.6) is 11.5 Å². The first kappa shape index (κ1) is 21.8. The molecule has 0 radical (unpaired) electrons. The van der Waals surface area contributed by atoms with Gasteiger partial charge in [0.2, 0.25) is 0 Å². The number of pyridine rings is 1. The van der Waals surface area contributed by atoms with Gasteiger partial charge in [-0.25, -0.2) is 14.3 Å². The van der Waals surface area contributed by atoms with Crippen molar-refractivity contribution in [3.8, 4) is 17.2 Å². The fourth-order valence-corrected chi connectivity index (χ4v) is 3.52. The van der Waals surface area contributed by atoms with Crippen molar-refractivity contribution in [1.82, 2.24) is 19.4 Å². The summed E-state index contributed by atoms with van der Waals surface area (Å²) in [5.74, 6) is 0.884. The second-order valence-corrected chi connectivity index (χ2v) is 7.27. The minimum atomic E-state index is -0.543. The summed E-state index contributed by atoms with van der Waals surface area (Å²) in [5.41, 5.74) is 0.614. The summed E-state index contributed by atoms with van der Waals surface area (Å²) < 4.78 is 12.8. The van der Waals surface area contributed by atoms with Crippen molar-refractivity contribution in [3.63, 3.8) is 0 Å². The Bertz CT molecular complexity index is 1450. The predicted octanol–water partition coefficient (Wildman–Crippen LogP) is 2.03. The fraction of sp³-hybridized carbons (Fsp3) is 0.167. The number of ether oxygens (including phenoxy) is 2. The number of benzene rings is 2. The highest BCUT2D eigenvalue weighted by Gasteiger charge is 2.17. The van der Waals surface area contributed by atoms with Crippen LogP contribution in [-0.4, -0.2) is 34.2 Å². The lowest BCUT2D eigenvalue weighted by Crippen LogP contribution is -2.38. The van der Waals surface area contributed by atoms with Crippen LogP contribution in [0.15, 0.2) is 70.4 Å². The molecule has 1 amide bonds. The molecule has 0 bridgehead atoms. The summed E-state index contributed by atoms with van der Waals surface area (Å²) in [6.07, 6.45) is 1.35. The smallest absolute Gasteiger partial charge is 0.337 e. The van der Waals surface area contributed by atoms with Crippen molar-refractivity contribution in [1.29, 1.82) is 0 Å². The number of methoxy groups -OCH3 is 2. The zero-order valence-electron chi connectivity index (χ0n) is 18.4. The lowest BCUT2D eigenvalue weighted by Gasteiger charge is -2.13. The van der Waals surface area contributed by atoms with Crippen molar-refractivity contribution in [3.05, 3.63) is 92.8 Å². The average molecular weight is 446 g/mol. The van der Waals surface area contributed by atoms with Crippen LogP contribution in [0.3, 0.4) is 0 Å². The number of para-hydroxylation sites is 1. The number of nitrogens with one attached hydrogen (secondary N) is 1. The van der Waals surface area contributed by atoms with Crippen molar-refractivity contribution >= 4 is 16.9 Å². The fourth-order valence-electron chi connectivity index (χ4n) is 3.52. The van der Waals surface area contributed by atoms with Crippen LogP contribution >= 0.6 is 0 Å². The van der Waals surface area contributed by atoms with Gasteiger partial charge in [0.15, 0.2) is 5.65 Å². The van der Waals surface area contributed by atoms with Gasteiger partial charge in [-0.15, -0.1) is 0 Å². The predicted molar refractivity (Wildman–Crippen MR) is 123 cm³/mol. The third-order valence-electron chi connectivity index (χ3n) is 5.32. The molecule has 0 aliphatic heterocycles. The summed E-state index contributed by atoms with van der Waals surface area (Å²) >= 11 is 0. The first-order valence-electron chi connectivity index (χ1n) is 10.1. The molecule has 2 aromatic carbocycles. The van der Waals surface area contributed by atoms with E-state index in [2.05, 4.69) is 10.3 Å². The van der Waals surface area contributed by atoms with Crippen LogP contribution in [0, 0.1) is 0 Å². The van der Waals surface area contributed by atoms with Gasteiger partial charge < -0.3 is 14.8 Å². The van der Waals surface area contributed by atoms with E-state index in [0.717, 1.165) is 10.1 Å². The first-order valence-corrected chi connectivity index (χ1v) is 10.1. The second-order valence-electron chi connectivity index (χ2n) is 7.27. The van der Waals surface area contributed by atoms with Gasteiger partial charge in [-0.1, -0.05) is 18.2 Å². The van der Waals surface area contributed by atoms with Crippen molar-refractivity contribution < 1.29 is 14.3 Å². The molecular weight excluding hydrogens is 424 g/mol. The van der Waals surface area contributed by atoms with Crippen molar-refractivity contribution in [2.75, 3.05) is 14.2 Å². The van der Waals surface area contributed by atoms with Gasteiger partial charge in [0, 0.05) is 25.4 Å². The van der Waals surface area contributed by atoms with Gasteiger partial charge in [0.05, 0.1) is 30.9 Å². The number of fused-ring (bicyclic) bond motifs is 1. The molecule has 33 heavy (non-hydrogen) atoms. The SMILES string of the molecule is COc1ccc(-n2c(=O)n(C)c(=O)c3cc(C(=O)NCc4ccccc4OC)cnc32)cc1. The molecule has 2 heterocycles. The molecule has 0 aliphatic carbocycles. The van der Waals surface area contributed by atoms with E-state index in [1.165, 1.54) is 23.9 Å². The highest BCUT2D eigenvalue weighted by Crippen LogP contribution is 2.18. The molecule has 0 saturated carbocycles. The molecule has 9 nitrogen and oxygen atoms in total. The third kappa shape index (κ3) is 4.08. The number of carbonyl (C=O) groups excluding carboxylic acids is 1. The Kier molecular flexibility index (Phi) is 5.95. The molecule has 0 spiro atoms. The van der Waals surface area contributed by atoms with Crippen LogP contribution in [0.2, 0.25) is 0 Å². The molecule has 4 rings (SSSR count). The van der Waals surface area contributed by atoms with Crippen molar-refractivity contribution in [2.24, 2.45) is 7.05 Å². The number of amides is 1. The lowest BCUT2D eigenvalue weighted by molar-refractivity contribution is 0.0950. The van der Waals surface area contributed by atoms with Crippen LogP contribution in [-0.2, 0) is 13.6 Å². The molecule has 0 aliphatic rings. The first-order chi connectivity index (χ1) is 15.9. The second kappa shape index (κ2) is 8.99. The highest BCUT2D eigenvalue weighted by molar-refractivity contribution is 5.96. The van der Waals surface area contributed by atoms with E-state index in [9.17, 15) is 14.4 Å². The van der Waals surface area contributed by atoms with Gasteiger partial charge >= 0.3 is 5.69 Å². The Labute approximate surface area is 188 Å². The highest BCUT2D eigenvalue weighted by atomic mass is 16.5. The molecule has 168 valence electrons. The lowest BCUT2D eigenvalue weighted by atomic mass is 10.1. The molecule has 0 unspecified atom stereocenters. The van der Waals surface area contributed by atoms with E-state index < -0.39 is 17.2 Å². The maximum Gasteiger partial charge on any atom is 0.337 e. The Balaban J connectivity index is 1.73. The quantitative estimate of drug-likeness (QED) is 0.486. The Morgan fingerprint density at radius 1 is 1.03 bits per heavy atom. The van der Waals surface area contributed by atoms with E-state index in [0.29, 0.717) is 17.2 Å². The van der Waals surface area contributed by atoms with E-state index >= 15 is 0 Å². The summed E-state index contributed by atoms with van der Waals surface area (Å²) in [6, 6.07) is 15.6. The zero-order chi connectivity index (χ0) is 23.5. The van der Waals surface area contributed by atoms with Crippen LogP contribution in [0.1, 0.15) is 15.9 Å². The molecule has 0 fully saturated rings. The summed E-state index contributed by atoms with van der Waals surface area (Å²) in [6.45, 7) is 0.240. The summed E-state index contributed by atoms with van der Waals surface area (Å²) in [4.78, 5) is 42.7. The van der Waals surface area contributed by atoms with Gasteiger partial charge in [-0.05, 0) is 36.4 Å². The van der Waals surface area contributed by atoms with Gasteiger partial charge in [0.1, 0.15) is 11.5 Å². The number of carbonyl (C=O) groups is 1. The number of rotatable bonds is 6. The monoisotopic (exact) mass is 446 g/mol. The standard InChI is InChI=1S/C24H22N4O5/c1-27-23(30)19-12-16(22(29)26-13-15-6-4-5-7-20(15)33-3)14-25-21(19)28(24(27)31)17-8-10-18(32-2)11-9-17/h4-12,14H,13H2,1-3H3,(H,26,29). The van der Waals surface area contributed by atoms with Crippen LogP contribution in [0.4, 0.5) is 0 Å². The molecule has 2 aromatic heterocycles. The minimum Gasteiger partial charge on any atom is -0.497 e. The molecule has 4 aromatic rings. The van der Waals surface area contributed by atoms with Gasteiger partial charge in [0.25, 0.3) is 11.5 Å². The minimum absolute atomic E-state index is 0.151. The third-order valence-corrected chi connectivity index (χ3v) is 5.32. The Hall–Kier alpha value is -4.40. The maximum absolute atomic E-state index is 12.9. The molecular formula is C24H22N4O5. The molecule has 0 atom stereocenters. The number of aromatic nitrogens is 3. The van der Waals surface area contributed by atoms with E-state index in [4.69, 9.17) is 9.47 Å². The number of hydrogen-bond acceptors (Lipinski definition) is 6. The molecule has 1 N–H and O–H groups in total. The van der Waals surface area contributed by atoms with Gasteiger partial charge in [-0.3, -0.25) is 14.2 Å². The summed E-state index contributed by atoms with van der Waals surface area (Å²) in [5, 5.41) is 2.96. The van der Waals surface area contributed by atoms with E-state index in [1.54, 1.807) is 44.6 Å². The number of nitrogens with zero attached hydrogens (tertiary/aromatic N) is 3.